The van der Waals surface area contributed by atoms with Crippen LogP contribution in [-0.2, 0) is 6.54 Å². The number of aryl methyl sites for hydroxylation is 1. The summed E-state index contributed by atoms with van der Waals surface area (Å²) in [7, 11) is 0. The molecule has 0 aliphatic carbocycles. The number of nitrogens with one attached hydrogen (secondary N) is 1. The summed E-state index contributed by atoms with van der Waals surface area (Å²) in [6, 6.07) is 0. The van der Waals surface area contributed by atoms with Gasteiger partial charge in [-0.3, -0.25) is 4.68 Å². The highest BCUT2D eigenvalue weighted by molar-refractivity contribution is 5.11. The molecule has 4 heteroatoms. The number of nitrogens with zero attached hydrogens (tertiary/aromatic N) is 2. The monoisotopic (exact) mass is 253 g/mol. The van der Waals surface area contributed by atoms with E-state index in [4.69, 9.17) is 4.74 Å². The molecule has 0 saturated heterocycles. The van der Waals surface area contributed by atoms with Crippen LogP contribution in [0.4, 0.5) is 0 Å². The number of hydrogen-bond donors (Lipinski definition) is 1. The molecule has 0 saturated carbocycles. The Morgan fingerprint density at radius 2 is 2.17 bits per heavy atom. The molecule has 0 aliphatic rings. The largest absolute Gasteiger partial charge is 0.487 e. The quantitative estimate of drug-likeness (QED) is 0.688. The van der Waals surface area contributed by atoms with Crippen molar-refractivity contribution >= 4 is 0 Å². The normalized spacial score (nSPS) is 12.9. The van der Waals surface area contributed by atoms with Crippen molar-refractivity contribution in [2.75, 3.05) is 13.1 Å². The van der Waals surface area contributed by atoms with Gasteiger partial charge in [-0.15, -0.1) is 0 Å². The molecule has 0 spiro atoms. The lowest BCUT2D eigenvalue weighted by molar-refractivity contribution is 0.207. The zero-order valence-electron chi connectivity index (χ0n) is 12.1. The van der Waals surface area contributed by atoms with E-state index in [1.165, 1.54) is 0 Å². The van der Waals surface area contributed by atoms with Crippen LogP contribution in [0, 0.1) is 5.92 Å². The maximum atomic E-state index is 5.81. The molecule has 1 unspecified atom stereocenters. The lowest BCUT2D eigenvalue weighted by atomic mass is 10.2. The van der Waals surface area contributed by atoms with Crippen molar-refractivity contribution in [3.8, 4) is 5.75 Å². The van der Waals surface area contributed by atoms with Crippen LogP contribution in [0.1, 0.15) is 40.5 Å². The van der Waals surface area contributed by atoms with Gasteiger partial charge in [-0.25, -0.2) is 0 Å². The van der Waals surface area contributed by atoms with Gasteiger partial charge in [0.15, 0.2) is 5.75 Å². The van der Waals surface area contributed by atoms with Gasteiger partial charge in [-0.05, 0) is 45.7 Å². The van der Waals surface area contributed by atoms with E-state index in [1.807, 2.05) is 10.9 Å². The molecule has 4 nitrogen and oxygen atoms in total. The van der Waals surface area contributed by atoms with Gasteiger partial charge in [-0.2, -0.15) is 5.10 Å². The fourth-order valence-corrected chi connectivity index (χ4v) is 1.77. The maximum Gasteiger partial charge on any atom is 0.157 e. The van der Waals surface area contributed by atoms with Crippen molar-refractivity contribution in [2.45, 2.75) is 53.2 Å². The average molecular weight is 253 g/mol. The fourth-order valence-electron chi connectivity index (χ4n) is 1.77. The van der Waals surface area contributed by atoms with Crippen molar-refractivity contribution in [1.82, 2.24) is 15.1 Å². The van der Waals surface area contributed by atoms with Gasteiger partial charge >= 0.3 is 0 Å². The molecular weight excluding hydrogens is 226 g/mol. The molecule has 18 heavy (non-hydrogen) atoms. The number of ether oxygens (including phenoxy) is 1. The predicted octanol–water partition coefficient (Wildman–Crippen LogP) is 2.70. The minimum atomic E-state index is 0.250. The second-order valence-electron chi connectivity index (χ2n) is 5.20. The van der Waals surface area contributed by atoms with Crippen LogP contribution in [0.5, 0.6) is 5.75 Å². The highest BCUT2D eigenvalue weighted by Gasteiger charge is 2.05. The lowest BCUT2D eigenvalue weighted by Gasteiger charge is -2.13. The summed E-state index contributed by atoms with van der Waals surface area (Å²) in [5.74, 6) is 1.60. The third kappa shape index (κ3) is 6.05. The highest BCUT2D eigenvalue weighted by atomic mass is 16.5. The average Bonchev–Trinajstić information content (AvgIpc) is 2.76. The molecule has 1 N–H and O–H groups in total. The van der Waals surface area contributed by atoms with Crippen molar-refractivity contribution in [2.24, 2.45) is 5.92 Å². The first kappa shape index (κ1) is 15.0. The number of rotatable bonds is 9. The van der Waals surface area contributed by atoms with E-state index < -0.39 is 0 Å². The Bertz CT molecular complexity index is 323. The van der Waals surface area contributed by atoms with Gasteiger partial charge in [0.2, 0.25) is 0 Å². The van der Waals surface area contributed by atoms with Gasteiger partial charge < -0.3 is 10.1 Å². The molecule has 1 aromatic heterocycles. The first-order valence-electron chi connectivity index (χ1n) is 7.01. The molecule has 1 heterocycles. The minimum Gasteiger partial charge on any atom is -0.487 e. The van der Waals surface area contributed by atoms with Gasteiger partial charge in [-0.1, -0.05) is 13.8 Å². The summed E-state index contributed by atoms with van der Waals surface area (Å²) in [5.41, 5.74) is 0. The first-order valence-corrected chi connectivity index (χ1v) is 7.01. The number of aromatic nitrogens is 2. The predicted molar refractivity (Wildman–Crippen MR) is 74.9 cm³/mol. The van der Waals surface area contributed by atoms with Gasteiger partial charge in [0.25, 0.3) is 0 Å². The van der Waals surface area contributed by atoms with Crippen molar-refractivity contribution in [3.63, 3.8) is 0 Å². The first-order chi connectivity index (χ1) is 8.61. The Morgan fingerprint density at radius 3 is 2.78 bits per heavy atom. The SMILES string of the molecule is CCn1cc(OC(C)CCCNCC(C)C)cn1. The van der Waals surface area contributed by atoms with Crippen LogP contribution in [0.2, 0.25) is 0 Å². The standard InChI is InChI=1S/C14H27N3O/c1-5-17-11-14(10-16-17)18-13(4)7-6-8-15-9-12(2)3/h10-13,15H,5-9H2,1-4H3. The third-order valence-electron chi connectivity index (χ3n) is 2.79. The maximum absolute atomic E-state index is 5.81. The van der Waals surface area contributed by atoms with E-state index in [1.54, 1.807) is 6.20 Å². The fraction of sp³-hybridized carbons (Fsp3) is 0.786. The molecule has 104 valence electrons. The zero-order valence-corrected chi connectivity index (χ0v) is 12.1. The minimum absolute atomic E-state index is 0.250. The van der Waals surface area contributed by atoms with Crippen molar-refractivity contribution in [1.29, 1.82) is 0 Å². The smallest absolute Gasteiger partial charge is 0.157 e. The summed E-state index contributed by atoms with van der Waals surface area (Å²) in [6.07, 6.45) is 6.21. The van der Waals surface area contributed by atoms with Gasteiger partial charge in [0, 0.05) is 6.54 Å². The van der Waals surface area contributed by atoms with E-state index >= 15 is 0 Å². The molecule has 1 aromatic rings. The summed E-state index contributed by atoms with van der Waals surface area (Å²) in [4.78, 5) is 0. The molecule has 0 radical (unpaired) electrons. The molecule has 0 amide bonds. The summed E-state index contributed by atoms with van der Waals surface area (Å²) < 4.78 is 7.69. The Morgan fingerprint density at radius 1 is 1.39 bits per heavy atom. The van der Waals surface area contributed by atoms with Crippen LogP contribution in [0.25, 0.3) is 0 Å². The second-order valence-corrected chi connectivity index (χ2v) is 5.20. The lowest BCUT2D eigenvalue weighted by Crippen LogP contribution is -2.22. The van der Waals surface area contributed by atoms with E-state index in [2.05, 4.69) is 38.1 Å². The van der Waals surface area contributed by atoms with E-state index in [9.17, 15) is 0 Å². The Hall–Kier alpha value is -1.03. The van der Waals surface area contributed by atoms with E-state index in [0.717, 1.165) is 44.1 Å². The van der Waals surface area contributed by atoms with Crippen LogP contribution in [0.3, 0.4) is 0 Å². The van der Waals surface area contributed by atoms with E-state index in [-0.39, 0.29) is 6.10 Å². The van der Waals surface area contributed by atoms with Crippen molar-refractivity contribution in [3.05, 3.63) is 12.4 Å². The molecular formula is C14H27N3O. The van der Waals surface area contributed by atoms with Crippen molar-refractivity contribution < 1.29 is 4.74 Å². The van der Waals surface area contributed by atoms with Crippen LogP contribution in [-0.4, -0.2) is 29.0 Å². The van der Waals surface area contributed by atoms with Gasteiger partial charge in [0.05, 0.1) is 18.5 Å². The molecule has 1 atom stereocenters. The third-order valence-corrected chi connectivity index (χ3v) is 2.79. The summed E-state index contributed by atoms with van der Waals surface area (Å²) in [6.45, 7) is 11.7. The second kappa shape index (κ2) is 8.14. The Kier molecular flexibility index (Phi) is 6.80. The summed E-state index contributed by atoms with van der Waals surface area (Å²) >= 11 is 0. The van der Waals surface area contributed by atoms with Crippen LogP contribution < -0.4 is 10.1 Å². The molecule has 0 aliphatic heterocycles. The number of hydrogen-bond acceptors (Lipinski definition) is 3. The van der Waals surface area contributed by atoms with Crippen LogP contribution >= 0.6 is 0 Å². The molecule has 0 bridgehead atoms. The topological polar surface area (TPSA) is 39.1 Å². The molecule has 0 fully saturated rings. The molecule has 1 rings (SSSR count). The Balaban J connectivity index is 2.11. The Labute approximate surface area is 111 Å². The van der Waals surface area contributed by atoms with E-state index in [0.29, 0.717) is 0 Å². The van der Waals surface area contributed by atoms with Crippen LogP contribution in [0.15, 0.2) is 12.4 Å². The zero-order chi connectivity index (χ0) is 13.4. The summed E-state index contributed by atoms with van der Waals surface area (Å²) in [5, 5.41) is 7.64. The highest BCUT2D eigenvalue weighted by Crippen LogP contribution is 2.12. The molecule has 0 aromatic carbocycles. The van der Waals surface area contributed by atoms with Gasteiger partial charge in [0.1, 0.15) is 0 Å².